The molecule has 3 aromatic rings. The van der Waals surface area contributed by atoms with E-state index in [2.05, 4.69) is 9.97 Å². The number of thioether (sulfide) groups is 1. The molecule has 1 heterocycles. The van der Waals surface area contributed by atoms with Crippen molar-refractivity contribution in [1.29, 1.82) is 0 Å². The van der Waals surface area contributed by atoms with Crippen LogP contribution < -0.4 is 0 Å². The van der Waals surface area contributed by atoms with Crippen molar-refractivity contribution >= 4 is 27.9 Å². The molecule has 0 saturated heterocycles. The van der Waals surface area contributed by atoms with Gasteiger partial charge >= 0.3 is 0 Å². The molecule has 0 atom stereocenters. The summed E-state index contributed by atoms with van der Waals surface area (Å²) >= 11 is 1.12. The lowest BCUT2D eigenvalue weighted by Crippen LogP contribution is -1.92. The van der Waals surface area contributed by atoms with Crippen LogP contribution >= 0.6 is 11.8 Å². The number of aromatic nitrogens is 2. The van der Waals surface area contributed by atoms with Crippen LogP contribution in [0.2, 0.25) is 0 Å². The minimum absolute atomic E-state index is 0.00495. The SMILES string of the molecule is O=C(Sc1nc2ccccc2[nH]1)c1ccccc1. The molecule has 0 unspecified atom stereocenters. The fraction of sp³-hybridized carbons (Fsp3) is 0. The van der Waals surface area contributed by atoms with E-state index in [1.54, 1.807) is 12.1 Å². The summed E-state index contributed by atoms with van der Waals surface area (Å²) in [7, 11) is 0. The standard InChI is InChI=1S/C14H10N2OS/c17-13(10-6-2-1-3-7-10)18-14-15-11-8-4-5-9-12(11)16-14/h1-9H,(H,15,16). The van der Waals surface area contributed by atoms with E-state index in [-0.39, 0.29) is 5.12 Å². The number of hydrogen-bond acceptors (Lipinski definition) is 3. The third kappa shape index (κ3) is 2.15. The molecule has 0 radical (unpaired) electrons. The van der Waals surface area contributed by atoms with Gasteiger partial charge < -0.3 is 4.98 Å². The Hall–Kier alpha value is -2.07. The molecule has 0 aliphatic heterocycles. The van der Waals surface area contributed by atoms with Crippen LogP contribution in [-0.4, -0.2) is 15.1 Å². The van der Waals surface area contributed by atoms with E-state index in [9.17, 15) is 4.79 Å². The van der Waals surface area contributed by atoms with Crippen molar-refractivity contribution in [2.24, 2.45) is 0 Å². The number of rotatable bonds is 2. The zero-order valence-electron chi connectivity index (χ0n) is 9.46. The van der Waals surface area contributed by atoms with Gasteiger partial charge in [-0.3, -0.25) is 4.79 Å². The van der Waals surface area contributed by atoms with Crippen LogP contribution in [0.25, 0.3) is 11.0 Å². The molecule has 3 rings (SSSR count). The van der Waals surface area contributed by atoms with Gasteiger partial charge in [-0.05, 0) is 23.9 Å². The predicted octanol–water partition coefficient (Wildman–Crippen LogP) is 3.50. The monoisotopic (exact) mass is 254 g/mol. The first-order chi connectivity index (χ1) is 8.83. The summed E-state index contributed by atoms with van der Waals surface area (Å²) in [4.78, 5) is 19.5. The molecule has 0 aliphatic carbocycles. The fourth-order valence-corrected chi connectivity index (χ4v) is 2.43. The number of fused-ring (bicyclic) bond motifs is 1. The molecule has 88 valence electrons. The Morgan fingerprint density at radius 2 is 1.72 bits per heavy atom. The highest BCUT2D eigenvalue weighted by Gasteiger charge is 2.10. The molecule has 0 amide bonds. The van der Waals surface area contributed by atoms with Gasteiger partial charge in [0.25, 0.3) is 0 Å². The highest BCUT2D eigenvalue weighted by atomic mass is 32.2. The molecule has 0 aliphatic rings. The normalized spacial score (nSPS) is 10.7. The molecule has 4 heteroatoms. The lowest BCUT2D eigenvalue weighted by Gasteiger charge is -1.96. The lowest BCUT2D eigenvalue weighted by molar-refractivity contribution is 0.108. The second kappa shape index (κ2) is 4.66. The van der Waals surface area contributed by atoms with Crippen molar-refractivity contribution in [3.05, 3.63) is 60.2 Å². The fourth-order valence-electron chi connectivity index (χ4n) is 1.70. The topological polar surface area (TPSA) is 45.8 Å². The summed E-state index contributed by atoms with van der Waals surface area (Å²) in [6, 6.07) is 16.9. The van der Waals surface area contributed by atoms with Gasteiger partial charge in [0.15, 0.2) is 5.16 Å². The number of H-pyrrole nitrogens is 1. The summed E-state index contributed by atoms with van der Waals surface area (Å²) in [6.07, 6.45) is 0. The van der Waals surface area contributed by atoms with Gasteiger partial charge in [-0.15, -0.1) is 0 Å². The van der Waals surface area contributed by atoms with Crippen molar-refractivity contribution in [1.82, 2.24) is 9.97 Å². The van der Waals surface area contributed by atoms with E-state index >= 15 is 0 Å². The van der Waals surface area contributed by atoms with Crippen LogP contribution in [0.3, 0.4) is 0 Å². The van der Waals surface area contributed by atoms with Crippen LogP contribution in [0.1, 0.15) is 10.4 Å². The van der Waals surface area contributed by atoms with E-state index < -0.39 is 0 Å². The lowest BCUT2D eigenvalue weighted by atomic mass is 10.2. The van der Waals surface area contributed by atoms with Crippen LogP contribution in [0.5, 0.6) is 0 Å². The van der Waals surface area contributed by atoms with E-state index in [4.69, 9.17) is 0 Å². The molecule has 1 N–H and O–H groups in total. The van der Waals surface area contributed by atoms with Crippen LogP contribution in [0.15, 0.2) is 59.8 Å². The van der Waals surface area contributed by atoms with Gasteiger partial charge in [0.1, 0.15) is 0 Å². The van der Waals surface area contributed by atoms with Gasteiger partial charge in [0.2, 0.25) is 5.12 Å². The minimum Gasteiger partial charge on any atom is -0.333 e. The van der Waals surface area contributed by atoms with Gasteiger partial charge in [-0.25, -0.2) is 4.98 Å². The Bertz CT molecular complexity index is 658. The number of imidazole rings is 1. The molecule has 0 bridgehead atoms. The van der Waals surface area contributed by atoms with E-state index in [1.807, 2.05) is 42.5 Å². The van der Waals surface area contributed by atoms with Crippen LogP contribution in [-0.2, 0) is 0 Å². The number of aromatic amines is 1. The van der Waals surface area contributed by atoms with Crippen molar-refractivity contribution < 1.29 is 4.79 Å². The number of benzene rings is 2. The third-order valence-electron chi connectivity index (χ3n) is 2.57. The average Bonchev–Trinajstić information content (AvgIpc) is 2.82. The van der Waals surface area contributed by atoms with Gasteiger partial charge in [0, 0.05) is 5.56 Å². The number of para-hydroxylation sites is 2. The number of nitrogens with zero attached hydrogens (tertiary/aromatic N) is 1. The smallest absolute Gasteiger partial charge is 0.227 e. The molecule has 0 spiro atoms. The number of hydrogen-bond donors (Lipinski definition) is 1. The quantitative estimate of drug-likeness (QED) is 0.712. The molecule has 0 fully saturated rings. The first-order valence-corrected chi connectivity index (χ1v) is 6.36. The summed E-state index contributed by atoms with van der Waals surface area (Å²) < 4.78 is 0. The predicted molar refractivity (Wildman–Crippen MR) is 72.7 cm³/mol. The minimum atomic E-state index is -0.00495. The Labute approximate surface area is 108 Å². The van der Waals surface area contributed by atoms with E-state index in [0.29, 0.717) is 10.7 Å². The van der Waals surface area contributed by atoms with Crippen LogP contribution in [0, 0.1) is 0 Å². The Morgan fingerprint density at radius 3 is 2.50 bits per heavy atom. The molecule has 2 aromatic carbocycles. The number of carbonyl (C=O) groups is 1. The maximum absolute atomic E-state index is 12.0. The first kappa shape index (κ1) is 11.0. The second-order valence-corrected chi connectivity index (χ2v) is 4.78. The second-order valence-electron chi connectivity index (χ2n) is 3.81. The molecule has 18 heavy (non-hydrogen) atoms. The third-order valence-corrected chi connectivity index (χ3v) is 3.37. The molecule has 1 aromatic heterocycles. The van der Waals surface area contributed by atoms with Crippen molar-refractivity contribution in [2.45, 2.75) is 5.16 Å². The van der Waals surface area contributed by atoms with Crippen molar-refractivity contribution in [2.75, 3.05) is 0 Å². The van der Waals surface area contributed by atoms with Gasteiger partial charge in [-0.1, -0.05) is 42.5 Å². The molecule has 0 saturated carbocycles. The van der Waals surface area contributed by atoms with Gasteiger partial charge in [-0.2, -0.15) is 0 Å². The highest BCUT2D eigenvalue weighted by molar-refractivity contribution is 8.14. The van der Waals surface area contributed by atoms with Crippen molar-refractivity contribution in [3.8, 4) is 0 Å². The average molecular weight is 254 g/mol. The molecule has 3 nitrogen and oxygen atoms in total. The Kier molecular flexibility index (Phi) is 2.86. The summed E-state index contributed by atoms with van der Waals surface area (Å²) in [5.74, 6) is 0. The summed E-state index contributed by atoms with van der Waals surface area (Å²) in [5.41, 5.74) is 2.50. The maximum Gasteiger partial charge on any atom is 0.227 e. The highest BCUT2D eigenvalue weighted by Crippen LogP contribution is 2.22. The molecular formula is C14H10N2OS. The Balaban J connectivity index is 1.86. The maximum atomic E-state index is 12.0. The Morgan fingerprint density at radius 1 is 1.00 bits per heavy atom. The number of nitrogens with one attached hydrogen (secondary N) is 1. The van der Waals surface area contributed by atoms with Crippen molar-refractivity contribution in [3.63, 3.8) is 0 Å². The van der Waals surface area contributed by atoms with E-state index in [1.165, 1.54) is 0 Å². The zero-order valence-corrected chi connectivity index (χ0v) is 10.3. The number of carbonyl (C=O) groups excluding carboxylic acids is 1. The van der Waals surface area contributed by atoms with Crippen LogP contribution in [0.4, 0.5) is 0 Å². The zero-order chi connectivity index (χ0) is 12.4. The largest absolute Gasteiger partial charge is 0.333 e. The summed E-state index contributed by atoms with van der Waals surface area (Å²) in [5, 5.41) is 0.625. The van der Waals surface area contributed by atoms with Gasteiger partial charge in [0.05, 0.1) is 11.0 Å². The molecular weight excluding hydrogens is 244 g/mol. The first-order valence-electron chi connectivity index (χ1n) is 5.55. The summed E-state index contributed by atoms with van der Waals surface area (Å²) in [6.45, 7) is 0. The van der Waals surface area contributed by atoms with E-state index in [0.717, 1.165) is 22.8 Å².